The Morgan fingerprint density at radius 3 is 2.49 bits per heavy atom. The van der Waals surface area contributed by atoms with Crippen LogP contribution < -0.4 is 5.32 Å². The molecule has 0 aromatic heterocycles. The van der Waals surface area contributed by atoms with E-state index in [1.807, 2.05) is 7.05 Å². The average molecular weight is 678 g/mol. The van der Waals surface area contributed by atoms with E-state index in [4.69, 9.17) is 4.74 Å². The van der Waals surface area contributed by atoms with Gasteiger partial charge >= 0.3 is 5.97 Å². The molecule has 2 bridgehead atoms. The average Bonchev–Trinajstić information content (AvgIpc) is 3.75. The normalized spacial score (nSPS) is 53.8. The number of rotatable bonds is 5. The van der Waals surface area contributed by atoms with E-state index < -0.39 is 57.1 Å². The summed E-state index contributed by atoms with van der Waals surface area (Å²) in [7, 11) is 1.91. The van der Waals surface area contributed by atoms with Crippen LogP contribution in [-0.4, -0.2) is 74.8 Å². The highest BCUT2D eigenvalue weighted by molar-refractivity contribution is 5.88. The first-order valence-electron chi connectivity index (χ1n) is 20.1. The van der Waals surface area contributed by atoms with E-state index in [-0.39, 0.29) is 24.2 Å². The SMILES string of the molecule is CNCC1=CC2CC3(O)C4(O)CC5CC(C(C)C6CCCC6)CCC6C(O)CCC(C=O)(C4CCC34CCCCC13OC(=O)C=C3C24)C56O. The third-order valence-corrected chi connectivity index (χ3v) is 17.6. The van der Waals surface area contributed by atoms with Gasteiger partial charge in [0.1, 0.15) is 11.9 Å². The Kier molecular flexibility index (Phi) is 7.45. The van der Waals surface area contributed by atoms with Crippen molar-refractivity contribution in [3.63, 3.8) is 0 Å². The van der Waals surface area contributed by atoms with Gasteiger partial charge < -0.3 is 35.3 Å². The zero-order valence-corrected chi connectivity index (χ0v) is 29.7. The number of carbonyl (C=O) groups excluding carboxylic acids is 2. The van der Waals surface area contributed by atoms with E-state index in [0.29, 0.717) is 69.2 Å². The van der Waals surface area contributed by atoms with Gasteiger partial charge in [-0.3, -0.25) is 0 Å². The van der Waals surface area contributed by atoms with Crippen molar-refractivity contribution in [2.24, 2.45) is 58.2 Å². The number of hydrogen-bond acceptors (Lipinski definition) is 8. The Hall–Kier alpha value is -1.58. The standard InChI is InChI=1S/C41H59NO7/c1-24(25-7-3-4-8-25)26-9-10-30-32(44)11-15-37(23-43)33-12-16-36-13-5-6-14-38-29(22-42-2)18-27(35(36)31(38)19-34(45)49-38)20-40(36,47)39(33,46)21-28(17-26)41(30,37)48/h18-19,23-28,30,32-33,35,42,44,46-48H,3-17,20-22H2,1-2H3. The van der Waals surface area contributed by atoms with Gasteiger partial charge in [-0.1, -0.05) is 45.1 Å². The minimum atomic E-state index is -1.60. The van der Waals surface area contributed by atoms with Gasteiger partial charge in [0.15, 0.2) is 5.60 Å². The molecule has 0 aromatic rings. The first-order chi connectivity index (χ1) is 23.4. The minimum absolute atomic E-state index is 0.0683. The van der Waals surface area contributed by atoms with E-state index in [1.165, 1.54) is 25.7 Å². The van der Waals surface area contributed by atoms with Gasteiger partial charge in [-0.25, -0.2) is 4.79 Å². The molecule has 8 nitrogen and oxygen atoms in total. The fourth-order valence-corrected chi connectivity index (χ4v) is 15.7. The highest BCUT2D eigenvalue weighted by Crippen LogP contribution is 2.78. The van der Waals surface area contributed by atoms with Gasteiger partial charge in [-0.05, 0) is 131 Å². The Balaban J connectivity index is 1.19. The van der Waals surface area contributed by atoms with Crippen LogP contribution in [0.5, 0.6) is 0 Å². The molecule has 0 radical (unpaired) electrons. The molecule has 1 aliphatic heterocycles. The molecule has 8 aliphatic carbocycles. The number of ether oxygens (including phenoxy) is 1. The number of likely N-dealkylation sites (N-methyl/N-ethyl adjacent to an activating group) is 1. The first kappa shape index (κ1) is 33.3. The third-order valence-electron chi connectivity index (χ3n) is 17.6. The second-order valence-electron chi connectivity index (χ2n) is 18.7. The second-order valence-corrected chi connectivity index (χ2v) is 18.7. The van der Waals surface area contributed by atoms with E-state index in [0.717, 1.165) is 49.5 Å². The Labute approximate surface area is 291 Å². The topological polar surface area (TPSA) is 136 Å². The van der Waals surface area contributed by atoms with Gasteiger partial charge in [-0.2, -0.15) is 0 Å². The molecule has 1 spiro atoms. The van der Waals surface area contributed by atoms with E-state index in [9.17, 15) is 30.0 Å². The summed E-state index contributed by atoms with van der Waals surface area (Å²) in [6.45, 7) is 2.96. The zero-order valence-electron chi connectivity index (χ0n) is 29.7. The Morgan fingerprint density at radius 2 is 1.73 bits per heavy atom. The molecule has 14 unspecified atom stereocenters. The second kappa shape index (κ2) is 11.0. The van der Waals surface area contributed by atoms with Crippen molar-refractivity contribution in [1.82, 2.24) is 5.32 Å². The van der Waals surface area contributed by atoms with Crippen molar-refractivity contribution in [1.29, 1.82) is 0 Å². The fourth-order valence-electron chi connectivity index (χ4n) is 15.7. The van der Waals surface area contributed by atoms with Gasteiger partial charge in [-0.15, -0.1) is 0 Å². The van der Waals surface area contributed by atoms with Crippen LogP contribution in [0.25, 0.3) is 0 Å². The smallest absolute Gasteiger partial charge is 0.332 e. The third kappa shape index (κ3) is 3.89. The molecule has 7 saturated carbocycles. The predicted octanol–water partition coefficient (Wildman–Crippen LogP) is 4.77. The molecule has 9 rings (SSSR count). The van der Waals surface area contributed by atoms with E-state index in [2.05, 4.69) is 18.3 Å². The van der Waals surface area contributed by atoms with Gasteiger partial charge in [0.05, 0.1) is 22.7 Å². The monoisotopic (exact) mass is 677 g/mol. The minimum Gasteiger partial charge on any atom is -0.447 e. The summed E-state index contributed by atoms with van der Waals surface area (Å²) in [6, 6.07) is 0. The Bertz CT molecular complexity index is 1470. The fraction of sp³-hybridized carbons (Fsp3) is 0.854. The van der Waals surface area contributed by atoms with Crippen molar-refractivity contribution in [2.45, 2.75) is 145 Å². The summed E-state index contributed by atoms with van der Waals surface area (Å²) in [5, 5.41) is 55.7. The molecular formula is C41H59NO7. The molecule has 270 valence electrons. The van der Waals surface area contributed by atoms with Crippen LogP contribution in [0.3, 0.4) is 0 Å². The quantitative estimate of drug-likeness (QED) is 0.160. The van der Waals surface area contributed by atoms with Crippen molar-refractivity contribution in [3.05, 3.63) is 23.3 Å². The highest BCUT2D eigenvalue weighted by atomic mass is 16.6. The Morgan fingerprint density at radius 1 is 0.959 bits per heavy atom. The maximum atomic E-state index is 13.9. The molecule has 1 heterocycles. The molecule has 0 aromatic carbocycles. The molecule has 7 fully saturated rings. The number of esters is 1. The molecule has 8 heteroatoms. The number of allylic oxidation sites excluding steroid dienone is 1. The summed E-state index contributed by atoms with van der Waals surface area (Å²) in [5.41, 5.74) is -5.21. The lowest BCUT2D eigenvalue weighted by Crippen LogP contribution is -2.80. The number of aliphatic hydroxyl groups excluding tert-OH is 1. The lowest BCUT2D eigenvalue weighted by Gasteiger charge is -2.72. The van der Waals surface area contributed by atoms with E-state index >= 15 is 0 Å². The lowest BCUT2D eigenvalue weighted by atomic mass is 9.35. The number of carbonyl (C=O) groups is 2. The number of aldehydes is 1. The highest BCUT2D eigenvalue weighted by Gasteiger charge is 2.83. The first-order valence-corrected chi connectivity index (χ1v) is 20.1. The number of nitrogens with one attached hydrogen (secondary N) is 1. The number of hydrogen-bond donors (Lipinski definition) is 5. The van der Waals surface area contributed by atoms with Crippen LogP contribution in [0.4, 0.5) is 0 Å². The van der Waals surface area contributed by atoms with Crippen LogP contribution in [0.2, 0.25) is 0 Å². The van der Waals surface area contributed by atoms with Crippen LogP contribution in [0, 0.1) is 58.2 Å². The van der Waals surface area contributed by atoms with Gasteiger partial charge in [0, 0.05) is 29.9 Å². The molecule has 49 heavy (non-hydrogen) atoms. The molecule has 0 saturated heterocycles. The summed E-state index contributed by atoms with van der Waals surface area (Å²) in [4.78, 5) is 27.1. The lowest BCUT2D eigenvalue weighted by molar-refractivity contribution is -0.344. The van der Waals surface area contributed by atoms with Crippen molar-refractivity contribution in [2.75, 3.05) is 13.6 Å². The summed E-state index contributed by atoms with van der Waals surface area (Å²) >= 11 is 0. The summed E-state index contributed by atoms with van der Waals surface area (Å²) in [5.74, 6) is -0.494. The molecule has 9 aliphatic rings. The van der Waals surface area contributed by atoms with E-state index in [1.54, 1.807) is 6.08 Å². The zero-order chi connectivity index (χ0) is 34.2. The number of fused-ring (bicyclic) bond motifs is 3. The van der Waals surface area contributed by atoms with Crippen molar-refractivity contribution in [3.8, 4) is 0 Å². The predicted molar refractivity (Wildman–Crippen MR) is 183 cm³/mol. The molecule has 5 N–H and O–H groups in total. The van der Waals surface area contributed by atoms with Crippen LogP contribution in [0.1, 0.15) is 116 Å². The number of aliphatic hydroxyl groups is 4. The molecule has 0 amide bonds. The van der Waals surface area contributed by atoms with Crippen LogP contribution in [-0.2, 0) is 14.3 Å². The van der Waals surface area contributed by atoms with Crippen LogP contribution in [0.15, 0.2) is 23.3 Å². The maximum Gasteiger partial charge on any atom is 0.332 e. The maximum absolute atomic E-state index is 13.9. The van der Waals surface area contributed by atoms with Gasteiger partial charge in [0.2, 0.25) is 0 Å². The summed E-state index contributed by atoms with van der Waals surface area (Å²) in [6.07, 6.45) is 17.3. The largest absolute Gasteiger partial charge is 0.447 e. The molecular weight excluding hydrogens is 618 g/mol. The van der Waals surface area contributed by atoms with Crippen molar-refractivity contribution < 1.29 is 34.8 Å². The molecule has 14 atom stereocenters. The van der Waals surface area contributed by atoms with Gasteiger partial charge in [0.25, 0.3) is 0 Å². The summed E-state index contributed by atoms with van der Waals surface area (Å²) < 4.78 is 6.27. The van der Waals surface area contributed by atoms with Crippen molar-refractivity contribution >= 4 is 12.3 Å². The van der Waals surface area contributed by atoms with Crippen LogP contribution >= 0.6 is 0 Å².